The summed E-state index contributed by atoms with van der Waals surface area (Å²) in [6, 6.07) is 20.0. The van der Waals surface area contributed by atoms with Gasteiger partial charge < -0.3 is 9.30 Å². The normalized spacial score (nSPS) is 11.3. The Morgan fingerprint density at radius 3 is 2.61 bits per heavy atom. The highest BCUT2D eigenvalue weighted by atomic mass is 35.5. The summed E-state index contributed by atoms with van der Waals surface area (Å²) in [5, 5.41) is 1.39. The summed E-state index contributed by atoms with van der Waals surface area (Å²) in [5.41, 5.74) is 4.25. The van der Waals surface area contributed by atoms with E-state index in [1.807, 2.05) is 54.1 Å². The zero-order valence-electron chi connectivity index (χ0n) is 18.0. The molecule has 0 atom stereocenters. The van der Waals surface area contributed by atoms with Crippen LogP contribution in [0.15, 0.2) is 78.1 Å². The number of nitrogens with zero attached hydrogens (tertiary/aromatic N) is 4. The average molecular weight is 479 g/mol. The summed E-state index contributed by atoms with van der Waals surface area (Å²) in [5.74, 6) is 1.79. The third kappa shape index (κ3) is 4.10. The molecule has 0 amide bonds. The molecule has 33 heavy (non-hydrogen) atoms. The van der Waals surface area contributed by atoms with Crippen molar-refractivity contribution >= 4 is 34.4 Å². The minimum atomic E-state index is -0.344. The first-order valence-electron chi connectivity index (χ1n) is 10.3. The number of ether oxygens (including phenoxy) is 1. The van der Waals surface area contributed by atoms with Gasteiger partial charge in [0.25, 0.3) is 0 Å². The van der Waals surface area contributed by atoms with Crippen molar-refractivity contribution in [1.82, 2.24) is 19.1 Å². The third-order valence-electron chi connectivity index (χ3n) is 5.46. The molecule has 0 aliphatic heterocycles. The Morgan fingerprint density at radius 2 is 1.85 bits per heavy atom. The standard InChI is InChI=1S/C25H20ClFN4OS/c1-30-21-6-4-3-5-20(21)29-24(30)15-33-25-28-14-22(19-13-17(27)9-12-23(19)32-2)31(25)18-10-7-16(26)8-11-18/h3-14H,15H2,1-2H3. The number of hydrogen-bond donors (Lipinski definition) is 0. The van der Waals surface area contributed by atoms with Crippen LogP contribution in [0.1, 0.15) is 5.82 Å². The second kappa shape index (κ2) is 8.92. The van der Waals surface area contributed by atoms with Crippen LogP contribution in [0.4, 0.5) is 4.39 Å². The van der Waals surface area contributed by atoms with Gasteiger partial charge in [-0.1, -0.05) is 35.5 Å². The molecule has 8 heteroatoms. The maximum atomic E-state index is 14.2. The maximum absolute atomic E-state index is 14.2. The molecule has 0 aliphatic carbocycles. The van der Waals surface area contributed by atoms with E-state index in [9.17, 15) is 4.39 Å². The highest BCUT2D eigenvalue weighted by molar-refractivity contribution is 7.98. The van der Waals surface area contributed by atoms with Crippen molar-refractivity contribution in [1.29, 1.82) is 0 Å². The van der Waals surface area contributed by atoms with E-state index in [1.54, 1.807) is 31.1 Å². The zero-order valence-corrected chi connectivity index (χ0v) is 19.6. The van der Waals surface area contributed by atoms with E-state index in [2.05, 4.69) is 15.6 Å². The topological polar surface area (TPSA) is 44.9 Å². The van der Waals surface area contributed by atoms with E-state index in [-0.39, 0.29) is 5.82 Å². The number of methoxy groups -OCH3 is 1. The molecule has 2 heterocycles. The molecule has 5 rings (SSSR count). The smallest absolute Gasteiger partial charge is 0.173 e. The number of fused-ring (bicyclic) bond motifs is 1. The van der Waals surface area contributed by atoms with Crippen molar-refractivity contribution in [3.63, 3.8) is 0 Å². The van der Waals surface area contributed by atoms with Gasteiger partial charge in [-0.2, -0.15) is 0 Å². The lowest BCUT2D eigenvalue weighted by atomic mass is 10.1. The molecule has 0 fully saturated rings. The number of aromatic nitrogens is 4. The Labute approximate surface area is 199 Å². The number of hydrogen-bond acceptors (Lipinski definition) is 4. The van der Waals surface area contributed by atoms with E-state index in [1.165, 1.54) is 12.1 Å². The Kier molecular flexibility index (Phi) is 5.83. The lowest BCUT2D eigenvalue weighted by molar-refractivity contribution is 0.415. The van der Waals surface area contributed by atoms with Crippen molar-refractivity contribution < 1.29 is 9.13 Å². The molecular formula is C25H20ClFN4OS. The van der Waals surface area contributed by atoms with Crippen LogP contribution < -0.4 is 4.74 Å². The Balaban J connectivity index is 1.58. The van der Waals surface area contributed by atoms with Gasteiger partial charge in [0.15, 0.2) is 5.16 Å². The summed E-state index contributed by atoms with van der Waals surface area (Å²) in [6.45, 7) is 0. The van der Waals surface area contributed by atoms with E-state index in [4.69, 9.17) is 21.3 Å². The predicted octanol–water partition coefficient (Wildman–Crippen LogP) is 6.52. The summed E-state index contributed by atoms with van der Waals surface area (Å²) < 4.78 is 23.7. The Bertz CT molecular complexity index is 1450. The minimum absolute atomic E-state index is 0.344. The fourth-order valence-electron chi connectivity index (χ4n) is 3.80. The molecule has 0 aliphatic rings. The zero-order chi connectivity index (χ0) is 22.9. The van der Waals surface area contributed by atoms with Crippen LogP contribution >= 0.6 is 23.4 Å². The molecule has 2 aromatic heterocycles. The number of para-hydroxylation sites is 2. The first-order valence-corrected chi connectivity index (χ1v) is 11.6. The number of rotatable bonds is 6. The van der Waals surface area contributed by atoms with Crippen LogP contribution in [0.25, 0.3) is 28.0 Å². The first kappa shape index (κ1) is 21.6. The van der Waals surface area contributed by atoms with Crippen LogP contribution in [0, 0.1) is 5.82 Å². The Hall–Kier alpha value is -3.29. The molecule has 0 N–H and O–H groups in total. The van der Waals surface area contributed by atoms with Crippen LogP contribution in [0.5, 0.6) is 5.75 Å². The van der Waals surface area contributed by atoms with Crippen LogP contribution in [0.2, 0.25) is 5.02 Å². The second-order valence-corrected chi connectivity index (χ2v) is 8.83. The van der Waals surface area contributed by atoms with Gasteiger partial charge in [0.2, 0.25) is 0 Å². The van der Waals surface area contributed by atoms with E-state index in [0.29, 0.717) is 22.1 Å². The molecule has 0 spiro atoms. The second-order valence-electron chi connectivity index (χ2n) is 7.45. The lowest BCUT2D eigenvalue weighted by Gasteiger charge is -2.14. The van der Waals surface area contributed by atoms with Gasteiger partial charge in [-0.25, -0.2) is 14.4 Å². The minimum Gasteiger partial charge on any atom is -0.496 e. The predicted molar refractivity (Wildman–Crippen MR) is 131 cm³/mol. The van der Waals surface area contributed by atoms with Crippen LogP contribution in [-0.2, 0) is 12.8 Å². The number of benzene rings is 3. The molecule has 0 saturated carbocycles. The van der Waals surface area contributed by atoms with Crippen molar-refractivity contribution in [2.45, 2.75) is 10.9 Å². The highest BCUT2D eigenvalue weighted by Crippen LogP contribution is 2.36. The van der Waals surface area contributed by atoms with E-state index < -0.39 is 0 Å². The number of halogens is 2. The summed E-state index contributed by atoms with van der Waals surface area (Å²) in [6.07, 6.45) is 1.74. The molecule has 166 valence electrons. The molecular weight excluding hydrogens is 459 g/mol. The number of thioether (sulfide) groups is 1. The molecule has 0 radical (unpaired) electrons. The van der Waals surface area contributed by atoms with Crippen LogP contribution in [-0.4, -0.2) is 26.2 Å². The van der Waals surface area contributed by atoms with Gasteiger partial charge >= 0.3 is 0 Å². The van der Waals surface area contributed by atoms with Gasteiger partial charge in [0.1, 0.15) is 17.4 Å². The quantitative estimate of drug-likeness (QED) is 0.261. The van der Waals surface area contributed by atoms with Gasteiger partial charge in [0, 0.05) is 23.3 Å². The average Bonchev–Trinajstić information content (AvgIpc) is 3.39. The summed E-state index contributed by atoms with van der Waals surface area (Å²) >= 11 is 7.69. The fraction of sp³-hybridized carbons (Fsp3) is 0.120. The fourth-order valence-corrected chi connectivity index (χ4v) is 4.90. The lowest BCUT2D eigenvalue weighted by Crippen LogP contribution is -2.02. The first-order chi connectivity index (χ1) is 16.0. The summed E-state index contributed by atoms with van der Waals surface area (Å²) in [7, 11) is 3.58. The molecule has 0 saturated heterocycles. The van der Waals surface area contributed by atoms with Gasteiger partial charge in [0.05, 0.1) is 35.8 Å². The van der Waals surface area contributed by atoms with Crippen molar-refractivity contribution in [2.75, 3.05) is 7.11 Å². The number of aryl methyl sites for hydroxylation is 1. The molecule has 5 aromatic rings. The van der Waals surface area contributed by atoms with Gasteiger partial charge in [-0.15, -0.1) is 0 Å². The van der Waals surface area contributed by atoms with E-state index in [0.717, 1.165) is 33.4 Å². The third-order valence-corrected chi connectivity index (χ3v) is 6.66. The molecule has 0 unspecified atom stereocenters. The van der Waals surface area contributed by atoms with E-state index >= 15 is 0 Å². The molecule has 3 aromatic carbocycles. The SMILES string of the molecule is COc1ccc(F)cc1-c1cnc(SCc2nc3ccccc3n2C)n1-c1ccc(Cl)cc1. The molecule has 5 nitrogen and oxygen atoms in total. The van der Waals surface area contributed by atoms with Gasteiger partial charge in [-0.3, -0.25) is 4.57 Å². The Morgan fingerprint density at radius 1 is 1.06 bits per heavy atom. The van der Waals surface area contributed by atoms with Gasteiger partial charge in [-0.05, 0) is 54.6 Å². The highest BCUT2D eigenvalue weighted by Gasteiger charge is 2.19. The molecule has 0 bridgehead atoms. The van der Waals surface area contributed by atoms with Crippen molar-refractivity contribution in [3.05, 3.63) is 89.6 Å². The largest absolute Gasteiger partial charge is 0.496 e. The number of imidazole rings is 2. The summed E-state index contributed by atoms with van der Waals surface area (Å²) in [4.78, 5) is 9.44. The van der Waals surface area contributed by atoms with Crippen molar-refractivity contribution in [3.8, 4) is 22.7 Å². The van der Waals surface area contributed by atoms with Crippen molar-refractivity contribution in [2.24, 2.45) is 7.05 Å². The maximum Gasteiger partial charge on any atom is 0.173 e. The van der Waals surface area contributed by atoms with Crippen LogP contribution in [0.3, 0.4) is 0 Å². The monoisotopic (exact) mass is 478 g/mol.